The van der Waals surface area contributed by atoms with Gasteiger partial charge in [-0.3, -0.25) is 4.79 Å². The second-order valence-corrected chi connectivity index (χ2v) is 8.08. The number of hydrogen-bond acceptors (Lipinski definition) is 5. The molecule has 4 rings (SSSR count). The fourth-order valence-corrected chi connectivity index (χ4v) is 4.19. The Labute approximate surface area is 194 Å². The maximum Gasteiger partial charge on any atom is 0.311 e. The van der Waals surface area contributed by atoms with Crippen molar-refractivity contribution in [3.8, 4) is 5.75 Å². The Morgan fingerprint density at radius 1 is 1.22 bits per heavy atom. The van der Waals surface area contributed by atoms with E-state index in [0.29, 0.717) is 24.9 Å². The van der Waals surface area contributed by atoms with Crippen LogP contribution in [0.2, 0.25) is 0 Å². The zero-order chi connectivity index (χ0) is 21.6. The molecular formula is C25H31ClN2O4. The van der Waals surface area contributed by atoms with Crippen LogP contribution >= 0.6 is 12.4 Å². The van der Waals surface area contributed by atoms with Crippen LogP contribution in [0, 0.1) is 0 Å². The first-order valence-electron chi connectivity index (χ1n) is 11.0. The van der Waals surface area contributed by atoms with Gasteiger partial charge in [0.2, 0.25) is 0 Å². The van der Waals surface area contributed by atoms with Crippen LogP contribution in [-0.2, 0) is 28.8 Å². The average molecular weight is 459 g/mol. The minimum atomic E-state index is -0.606. The number of aryl methyl sites for hydroxylation is 1. The van der Waals surface area contributed by atoms with E-state index in [-0.39, 0.29) is 31.4 Å². The molecule has 172 valence electrons. The molecule has 0 fully saturated rings. The van der Waals surface area contributed by atoms with Crippen molar-refractivity contribution in [2.24, 2.45) is 0 Å². The van der Waals surface area contributed by atoms with Crippen molar-refractivity contribution in [3.05, 3.63) is 65.4 Å². The summed E-state index contributed by atoms with van der Waals surface area (Å²) in [5, 5.41) is 14.8. The van der Waals surface area contributed by atoms with Crippen molar-refractivity contribution in [3.63, 3.8) is 0 Å². The van der Waals surface area contributed by atoms with E-state index < -0.39 is 6.10 Å². The number of nitrogens with one attached hydrogen (secondary N) is 2. The van der Waals surface area contributed by atoms with Gasteiger partial charge in [0.1, 0.15) is 18.5 Å². The van der Waals surface area contributed by atoms with E-state index in [1.807, 2.05) is 24.3 Å². The Hall–Kier alpha value is -2.54. The molecule has 1 aromatic heterocycles. The minimum Gasteiger partial charge on any atom is -0.490 e. The smallest absolute Gasteiger partial charge is 0.311 e. The van der Waals surface area contributed by atoms with E-state index in [0.717, 1.165) is 35.9 Å². The first kappa shape index (κ1) is 24.1. The zero-order valence-corrected chi connectivity index (χ0v) is 19.1. The van der Waals surface area contributed by atoms with Gasteiger partial charge in [0, 0.05) is 29.2 Å². The fourth-order valence-electron chi connectivity index (χ4n) is 4.19. The number of H-pyrrole nitrogens is 1. The highest BCUT2D eigenvalue weighted by Crippen LogP contribution is 2.27. The van der Waals surface area contributed by atoms with E-state index >= 15 is 0 Å². The summed E-state index contributed by atoms with van der Waals surface area (Å²) in [4.78, 5) is 15.0. The van der Waals surface area contributed by atoms with Crippen molar-refractivity contribution in [1.82, 2.24) is 10.3 Å². The molecule has 1 heterocycles. The Bertz CT molecular complexity index is 1040. The van der Waals surface area contributed by atoms with Crippen LogP contribution in [0.1, 0.15) is 30.2 Å². The molecule has 0 aliphatic heterocycles. The van der Waals surface area contributed by atoms with Gasteiger partial charge in [-0.15, -0.1) is 12.4 Å². The number of esters is 1. The number of aliphatic hydroxyl groups is 1. The second-order valence-electron chi connectivity index (χ2n) is 8.08. The standard InChI is InChI=1S/C25H30N2O4.ClH/c1-2-30-25(29)14-20-13-22-23(27-20)8-5-9-24(22)31-16-21(28)15-26-19-11-10-17-6-3-4-7-18(17)12-19;/h3-9,13,19,21,26-28H,2,10-12,14-16H2,1H3;1H. The lowest BCUT2D eigenvalue weighted by molar-refractivity contribution is -0.142. The third kappa shape index (κ3) is 6.03. The molecule has 0 amide bonds. The molecule has 1 aliphatic rings. The average Bonchev–Trinajstić information content (AvgIpc) is 3.19. The predicted octanol–water partition coefficient (Wildman–Crippen LogP) is 3.58. The molecule has 7 heteroatoms. The number of aliphatic hydroxyl groups excluding tert-OH is 1. The lowest BCUT2D eigenvalue weighted by atomic mass is 9.88. The van der Waals surface area contributed by atoms with Crippen LogP contribution in [0.3, 0.4) is 0 Å². The third-order valence-electron chi connectivity index (χ3n) is 5.74. The van der Waals surface area contributed by atoms with E-state index in [2.05, 4.69) is 34.6 Å². The Morgan fingerprint density at radius 2 is 2.03 bits per heavy atom. The summed E-state index contributed by atoms with van der Waals surface area (Å²) in [6.45, 7) is 2.85. The number of carbonyl (C=O) groups is 1. The molecular weight excluding hydrogens is 428 g/mol. The van der Waals surface area contributed by atoms with Gasteiger partial charge >= 0.3 is 5.97 Å². The Balaban J connectivity index is 0.00000289. The van der Waals surface area contributed by atoms with Crippen molar-refractivity contribution in [2.75, 3.05) is 19.8 Å². The van der Waals surface area contributed by atoms with Crippen molar-refractivity contribution < 1.29 is 19.4 Å². The highest BCUT2D eigenvalue weighted by Gasteiger charge is 2.19. The van der Waals surface area contributed by atoms with Crippen LogP contribution in [0.25, 0.3) is 10.9 Å². The summed E-state index contributed by atoms with van der Waals surface area (Å²) < 4.78 is 10.9. The van der Waals surface area contributed by atoms with Gasteiger partial charge in [0.15, 0.2) is 0 Å². The van der Waals surface area contributed by atoms with Gasteiger partial charge in [0.05, 0.1) is 13.0 Å². The highest BCUT2D eigenvalue weighted by atomic mass is 35.5. The first-order chi connectivity index (χ1) is 15.1. The highest BCUT2D eigenvalue weighted by molar-refractivity contribution is 5.88. The molecule has 6 nitrogen and oxygen atoms in total. The summed E-state index contributed by atoms with van der Waals surface area (Å²) in [6.07, 6.45) is 2.74. The maximum absolute atomic E-state index is 11.7. The molecule has 2 unspecified atom stereocenters. The number of aromatic nitrogens is 1. The van der Waals surface area contributed by atoms with Crippen LogP contribution in [0.5, 0.6) is 5.75 Å². The molecule has 3 aromatic rings. The monoisotopic (exact) mass is 458 g/mol. The largest absolute Gasteiger partial charge is 0.490 e. The summed E-state index contributed by atoms with van der Waals surface area (Å²) in [6, 6.07) is 16.6. The van der Waals surface area contributed by atoms with Gasteiger partial charge in [0.25, 0.3) is 0 Å². The normalized spacial score (nSPS) is 16.1. The van der Waals surface area contributed by atoms with Crippen LogP contribution in [-0.4, -0.2) is 48.0 Å². The third-order valence-corrected chi connectivity index (χ3v) is 5.74. The molecule has 0 spiro atoms. The number of hydrogen-bond donors (Lipinski definition) is 3. The van der Waals surface area contributed by atoms with Crippen LogP contribution in [0.15, 0.2) is 48.5 Å². The Kier molecular flexibility index (Phi) is 8.56. The lowest BCUT2D eigenvalue weighted by Gasteiger charge is -2.26. The number of halogens is 1. The van der Waals surface area contributed by atoms with E-state index in [4.69, 9.17) is 9.47 Å². The van der Waals surface area contributed by atoms with Gasteiger partial charge in [-0.1, -0.05) is 30.3 Å². The molecule has 2 aromatic carbocycles. The molecule has 32 heavy (non-hydrogen) atoms. The van der Waals surface area contributed by atoms with Crippen molar-refractivity contribution in [2.45, 2.75) is 44.8 Å². The minimum absolute atomic E-state index is 0. The molecule has 0 radical (unpaired) electrons. The van der Waals surface area contributed by atoms with Crippen molar-refractivity contribution >= 4 is 29.3 Å². The van der Waals surface area contributed by atoms with Gasteiger partial charge in [-0.05, 0) is 55.5 Å². The van der Waals surface area contributed by atoms with Gasteiger partial charge < -0.3 is 24.9 Å². The molecule has 3 N–H and O–H groups in total. The summed E-state index contributed by atoms with van der Waals surface area (Å²) in [7, 11) is 0. The van der Waals surface area contributed by atoms with Gasteiger partial charge in [-0.2, -0.15) is 0 Å². The topological polar surface area (TPSA) is 83.6 Å². The fraction of sp³-hybridized carbons (Fsp3) is 0.400. The maximum atomic E-state index is 11.7. The predicted molar refractivity (Wildman–Crippen MR) is 128 cm³/mol. The molecule has 0 bridgehead atoms. The summed E-state index contributed by atoms with van der Waals surface area (Å²) in [5.74, 6) is 0.429. The SMILES string of the molecule is CCOC(=O)Cc1cc2c(OCC(O)CNC3CCc4ccccc4C3)cccc2[nH]1.Cl. The summed E-state index contributed by atoms with van der Waals surface area (Å²) in [5.41, 5.74) is 4.51. The molecule has 1 aliphatic carbocycles. The number of fused-ring (bicyclic) bond motifs is 2. The number of rotatable bonds is 9. The number of aromatic amines is 1. The second kappa shape index (κ2) is 11.4. The number of ether oxygens (including phenoxy) is 2. The van der Waals surface area contributed by atoms with Crippen molar-refractivity contribution in [1.29, 1.82) is 0 Å². The van der Waals surface area contributed by atoms with Crippen LogP contribution in [0.4, 0.5) is 0 Å². The van der Waals surface area contributed by atoms with E-state index in [9.17, 15) is 9.90 Å². The number of benzene rings is 2. The number of carbonyl (C=O) groups excluding carboxylic acids is 1. The zero-order valence-electron chi connectivity index (χ0n) is 18.3. The van der Waals surface area contributed by atoms with Crippen LogP contribution < -0.4 is 10.1 Å². The quantitative estimate of drug-likeness (QED) is 0.427. The molecule has 2 atom stereocenters. The Morgan fingerprint density at radius 3 is 2.84 bits per heavy atom. The van der Waals surface area contributed by atoms with E-state index in [1.165, 1.54) is 11.1 Å². The lowest BCUT2D eigenvalue weighted by Crippen LogP contribution is -2.40. The molecule has 0 saturated carbocycles. The molecule has 0 saturated heterocycles. The first-order valence-corrected chi connectivity index (χ1v) is 11.0. The van der Waals surface area contributed by atoms with Gasteiger partial charge in [-0.25, -0.2) is 0 Å². The summed E-state index contributed by atoms with van der Waals surface area (Å²) >= 11 is 0. The van der Waals surface area contributed by atoms with E-state index in [1.54, 1.807) is 6.92 Å².